The molecule has 1 atom stereocenters. The molecule has 0 aliphatic heterocycles. The van der Waals surface area contributed by atoms with E-state index in [0.717, 1.165) is 35.1 Å². The summed E-state index contributed by atoms with van der Waals surface area (Å²) in [5.41, 5.74) is 8.24. The highest BCUT2D eigenvalue weighted by Gasteiger charge is 2.27. The lowest BCUT2D eigenvalue weighted by atomic mass is 9.92. The van der Waals surface area contributed by atoms with Gasteiger partial charge in [-0.2, -0.15) is 5.10 Å². The Morgan fingerprint density at radius 1 is 1.47 bits per heavy atom. The molecule has 0 amide bonds. The molecule has 4 nitrogen and oxygen atoms in total. The van der Waals surface area contributed by atoms with Gasteiger partial charge in [0.2, 0.25) is 0 Å². The molecule has 0 aliphatic carbocycles. The van der Waals surface area contributed by atoms with Gasteiger partial charge in [-0.1, -0.05) is 13.8 Å². The van der Waals surface area contributed by atoms with Gasteiger partial charge in [-0.25, -0.2) is 0 Å². The number of halogens is 1. The minimum Gasteiger partial charge on any atom is -0.383 e. The van der Waals surface area contributed by atoms with E-state index in [9.17, 15) is 0 Å². The molecule has 1 rings (SSSR count). The lowest BCUT2D eigenvalue weighted by molar-refractivity contribution is 0.128. The van der Waals surface area contributed by atoms with Crippen molar-refractivity contribution < 1.29 is 4.74 Å². The first-order valence-electron chi connectivity index (χ1n) is 5.95. The van der Waals surface area contributed by atoms with E-state index in [1.165, 1.54) is 0 Å². The Morgan fingerprint density at radius 3 is 2.53 bits per heavy atom. The number of nitrogens with zero attached hydrogens (tertiary/aromatic N) is 2. The van der Waals surface area contributed by atoms with Gasteiger partial charge in [-0.15, -0.1) is 0 Å². The van der Waals surface area contributed by atoms with Gasteiger partial charge in [-0.05, 0) is 28.8 Å². The Labute approximate surface area is 112 Å². The van der Waals surface area contributed by atoms with Crippen LogP contribution in [0.3, 0.4) is 0 Å². The molecule has 0 saturated heterocycles. The fourth-order valence-corrected chi connectivity index (χ4v) is 2.67. The summed E-state index contributed by atoms with van der Waals surface area (Å²) in [6.07, 6.45) is 2.56. The van der Waals surface area contributed by atoms with Crippen LogP contribution in [0.15, 0.2) is 4.47 Å². The van der Waals surface area contributed by atoms with E-state index < -0.39 is 0 Å². The molecular formula is C12H22BrN3O. The number of nitrogens with two attached hydrogens (primary N) is 1. The zero-order valence-corrected chi connectivity index (χ0v) is 12.7. The van der Waals surface area contributed by atoms with Crippen molar-refractivity contribution in [3.63, 3.8) is 0 Å². The molecule has 0 aromatic carbocycles. The number of hydrogen-bond donors (Lipinski definition) is 1. The first kappa shape index (κ1) is 14.7. The molecule has 0 bridgehead atoms. The van der Waals surface area contributed by atoms with E-state index in [2.05, 4.69) is 34.9 Å². The quantitative estimate of drug-likeness (QED) is 0.875. The fourth-order valence-electron chi connectivity index (χ4n) is 1.91. The van der Waals surface area contributed by atoms with E-state index in [0.29, 0.717) is 6.61 Å². The summed E-state index contributed by atoms with van der Waals surface area (Å²) >= 11 is 3.62. The maximum atomic E-state index is 6.34. The minimum atomic E-state index is -0.323. The number of hydrogen-bond acceptors (Lipinski definition) is 3. The summed E-state index contributed by atoms with van der Waals surface area (Å²) in [5.74, 6) is 0. The third-order valence-corrected chi connectivity index (χ3v) is 4.07. The van der Waals surface area contributed by atoms with Crippen molar-refractivity contribution in [2.75, 3.05) is 13.7 Å². The standard InChI is InChI=1S/C12H22BrN3O/c1-5-9-11(13)10(16(3)15-9)7-12(14,6-2)8-17-4/h5-8,14H2,1-4H3. The van der Waals surface area contributed by atoms with Crippen LogP contribution in [0.4, 0.5) is 0 Å². The Bertz CT molecular complexity index is 378. The molecule has 17 heavy (non-hydrogen) atoms. The summed E-state index contributed by atoms with van der Waals surface area (Å²) in [4.78, 5) is 0. The topological polar surface area (TPSA) is 53.1 Å². The number of ether oxygens (including phenoxy) is 1. The van der Waals surface area contributed by atoms with Crippen molar-refractivity contribution in [2.24, 2.45) is 12.8 Å². The lowest BCUT2D eigenvalue weighted by Gasteiger charge is -2.27. The Morgan fingerprint density at radius 2 is 2.12 bits per heavy atom. The summed E-state index contributed by atoms with van der Waals surface area (Å²) in [5, 5.41) is 4.48. The second-order valence-corrected chi connectivity index (χ2v) is 5.30. The van der Waals surface area contributed by atoms with Crippen LogP contribution < -0.4 is 5.73 Å². The van der Waals surface area contributed by atoms with E-state index in [1.807, 2.05) is 11.7 Å². The van der Waals surface area contributed by atoms with Crippen molar-refractivity contribution >= 4 is 15.9 Å². The molecule has 0 saturated carbocycles. The van der Waals surface area contributed by atoms with Gasteiger partial charge in [0, 0.05) is 26.1 Å². The largest absolute Gasteiger partial charge is 0.383 e. The SMILES string of the molecule is CCc1nn(C)c(CC(N)(CC)COC)c1Br. The van der Waals surface area contributed by atoms with Crippen molar-refractivity contribution in [2.45, 2.75) is 38.6 Å². The van der Waals surface area contributed by atoms with E-state index in [-0.39, 0.29) is 5.54 Å². The molecule has 5 heteroatoms. The van der Waals surface area contributed by atoms with Gasteiger partial charge >= 0.3 is 0 Å². The minimum absolute atomic E-state index is 0.323. The molecule has 0 aliphatic rings. The molecule has 1 aromatic rings. The molecule has 1 aromatic heterocycles. The maximum absolute atomic E-state index is 6.34. The van der Waals surface area contributed by atoms with Crippen molar-refractivity contribution in [1.82, 2.24) is 9.78 Å². The smallest absolute Gasteiger partial charge is 0.0766 e. The molecule has 1 heterocycles. The first-order valence-corrected chi connectivity index (χ1v) is 6.74. The molecule has 2 N–H and O–H groups in total. The third-order valence-electron chi connectivity index (χ3n) is 3.16. The van der Waals surface area contributed by atoms with Gasteiger partial charge in [-0.3, -0.25) is 4.68 Å². The zero-order chi connectivity index (χ0) is 13.1. The van der Waals surface area contributed by atoms with Crippen LogP contribution in [0.25, 0.3) is 0 Å². The Kier molecular flexibility index (Phi) is 5.16. The normalized spacial score (nSPS) is 14.9. The van der Waals surface area contributed by atoms with E-state index in [4.69, 9.17) is 10.5 Å². The predicted octanol–water partition coefficient (Wildman–Crippen LogP) is 2.04. The van der Waals surface area contributed by atoms with Crippen LogP contribution in [0.2, 0.25) is 0 Å². The van der Waals surface area contributed by atoms with Gasteiger partial charge < -0.3 is 10.5 Å². The number of rotatable bonds is 6. The first-order chi connectivity index (χ1) is 7.97. The summed E-state index contributed by atoms with van der Waals surface area (Å²) in [6.45, 7) is 4.74. The lowest BCUT2D eigenvalue weighted by Crippen LogP contribution is -2.46. The molecular weight excluding hydrogens is 282 g/mol. The molecule has 1 unspecified atom stereocenters. The van der Waals surface area contributed by atoms with E-state index >= 15 is 0 Å². The van der Waals surface area contributed by atoms with Crippen LogP contribution in [0.1, 0.15) is 31.7 Å². The van der Waals surface area contributed by atoms with Crippen LogP contribution in [0, 0.1) is 0 Å². The number of aryl methyl sites for hydroxylation is 2. The third kappa shape index (κ3) is 3.30. The zero-order valence-electron chi connectivity index (χ0n) is 11.1. The fraction of sp³-hybridized carbons (Fsp3) is 0.750. The summed E-state index contributed by atoms with van der Waals surface area (Å²) in [7, 11) is 3.65. The van der Waals surface area contributed by atoms with Crippen LogP contribution in [-0.4, -0.2) is 29.0 Å². The average Bonchev–Trinajstić information content (AvgIpc) is 2.57. The highest BCUT2D eigenvalue weighted by Crippen LogP contribution is 2.25. The van der Waals surface area contributed by atoms with Crippen LogP contribution in [-0.2, 0) is 24.6 Å². The Hall–Kier alpha value is -0.390. The van der Waals surface area contributed by atoms with E-state index in [1.54, 1.807) is 7.11 Å². The van der Waals surface area contributed by atoms with Gasteiger partial charge in [0.25, 0.3) is 0 Å². The number of aromatic nitrogens is 2. The van der Waals surface area contributed by atoms with Gasteiger partial charge in [0.15, 0.2) is 0 Å². The maximum Gasteiger partial charge on any atom is 0.0766 e. The second kappa shape index (κ2) is 5.98. The summed E-state index contributed by atoms with van der Waals surface area (Å²) in [6, 6.07) is 0. The van der Waals surface area contributed by atoms with Gasteiger partial charge in [0.05, 0.1) is 22.5 Å². The monoisotopic (exact) mass is 303 g/mol. The number of methoxy groups -OCH3 is 1. The molecule has 98 valence electrons. The molecule has 0 fully saturated rings. The van der Waals surface area contributed by atoms with Crippen LogP contribution in [0.5, 0.6) is 0 Å². The average molecular weight is 304 g/mol. The van der Waals surface area contributed by atoms with Crippen molar-refractivity contribution in [3.8, 4) is 0 Å². The Balaban J connectivity index is 2.97. The second-order valence-electron chi connectivity index (χ2n) is 4.51. The van der Waals surface area contributed by atoms with Gasteiger partial charge in [0.1, 0.15) is 0 Å². The highest BCUT2D eigenvalue weighted by molar-refractivity contribution is 9.10. The van der Waals surface area contributed by atoms with Crippen molar-refractivity contribution in [3.05, 3.63) is 15.9 Å². The predicted molar refractivity (Wildman–Crippen MR) is 73.1 cm³/mol. The van der Waals surface area contributed by atoms with Crippen molar-refractivity contribution in [1.29, 1.82) is 0 Å². The van der Waals surface area contributed by atoms with Crippen LogP contribution >= 0.6 is 15.9 Å². The molecule has 0 radical (unpaired) electrons. The summed E-state index contributed by atoms with van der Waals surface area (Å²) < 4.78 is 8.21. The highest BCUT2D eigenvalue weighted by atomic mass is 79.9. The molecule has 0 spiro atoms.